The molecule has 3 N–H and O–H groups in total. The number of nitrogens with one attached hydrogen (secondary N) is 2. The molecule has 2 amide bonds. The highest BCUT2D eigenvalue weighted by Gasteiger charge is 2.35. The van der Waals surface area contributed by atoms with Crippen molar-refractivity contribution >= 4 is 18.0 Å². The molecule has 2 unspecified atom stereocenters. The molecule has 214 valence electrons. The number of nitrogens with zero attached hydrogens (tertiary/aromatic N) is 1. The number of hydrogen-bond acceptors (Lipinski definition) is 5. The fraction of sp³-hybridized carbons (Fsp3) is 0.364. The standard InChI is InChI=1S/C33H37N3O5/c1-33(17-18-36(22-33)19-23-9-3-2-4-10-23)21-34-31(39)29(15-16-30(37)38)35-32(40)41-20-28-26-13-7-5-11-24(26)25-12-6-8-14-27(25)28/h2-14,28-29H,15-22H2,1H3,(H,34,39)(H,35,40)(H,37,38). The zero-order valence-corrected chi connectivity index (χ0v) is 23.3. The molecule has 41 heavy (non-hydrogen) atoms. The molecule has 0 saturated carbocycles. The molecule has 1 fully saturated rings. The largest absolute Gasteiger partial charge is 0.481 e. The number of carboxylic acid groups (broad SMARTS) is 1. The average molecular weight is 556 g/mol. The lowest BCUT2D eigenvalue weighted by atomic mass is 9.89. The van der Waals surface area contributed by atoms with Crippen molar-refractivity contribution in [1.82, 2.24) is 15.5 Å². The van der Waals surface area contributed by atoms with Gasteiger partial charge >= 0.3 is 12.1 Å². The van der Waals surface area contributed by atoms with Gasteiger partial charge in [-0.15, -0.1) is 0 Å². The van der Waals surface area contributed by atoms with Crippen LogP contribution in [0.5, 0.6) is 0 Å². The highest BCUT2D eigenvalue weighted by molar-refractivity contribution is 5.86. The van der Waals surface area contributed by atoms with Crippen LogP contribution in [-0.4, -0.2) is 60.3 Å². The van der Waals surface area contributed by atoms with Gasteiger partial charge in [0.1, 0.15) is 12.6 Å². The van der Waals surface area contributed by atoms with Crippen LogP contribution in [0.4, 0.5) is 4.79 Å². The van der Waals surface area contributed by atoms with E-state index in [2.05, 4.69) is 46.7 Å². The van der Waals surface area contributed by atoms with Crippen LogP contribution in [0.15, 0.2) is 78.9 Å². The number of alkyl carbamates (subject to hydrolysis) is 1. The molecular formula is C33H37N3O5. The third-order valence-corrected chi connectivity index (χ3v) is 8.17. The number of ether oxygens (including phenoxy) is 1. The molecule has 0 spiro atoms. The van der Waals surface area contributed by atoms with Gasteiger partial charge in [-0.1, -0.05) is 85.8 Å². The summed E-state index contributed by atoms with van der Waals surface area (Å²) in [5.74, 6) is -1.54. The van der Waals surface area contributed by atoms with Crippen LogP contribution in [0, 0.1) is 5.41 Å². The summed E-state index contributed by atoms with van der Waals surface area (Å²) in [6.45, 7) is 5.32. The maximum absolute atomic E-state index is 13.2. The van der Waals surface area contributed by atoms with Crippen LogP contribution in [0.1, 0.15) is 48.8 Å². The minimum atomic E-state index is -1.03. The van der Waals surface area contributed by atoms with E-state index in [0.29, 0.717) is 6.54 Å². The Hall–Kier alpha value is -4.17. The molecule has 1 aliphatic carbocycles. The summed E-state index contributed by atoms with van der Waals surface area (Å²) in [6.07, 6.45) is -0.0790. The van der Waals surface area contributed by atoms with E-state index in [0.717, 1.165) is 48.3 Å². The zero-order chi connectivity index (χ0) is 28.8. The lowest BCUT2D eigenvalue weighted by molar-refractivity contribution is -0.137. The van der Waals surface area contributed by atoms with Gasteiger partial charge in [-0.3, -0.25) is 14.5 Å². The topological polar surface area (TPSA) is 108 Å². The Bertz CT molecular complexity index is 1350. The SMILES string of the molecule is CC1(CNC(=O)C(CCC(=O)O)NC(=O)OCC2c3ccccc3-c3ccccc32)CCN(Cc2ccccc2)C1. The van der Waals surface area contributed by atoms with E-state index in [-0.39, 0.29) is 30.8 Å². The Morgan fingerprint density at radius 2 is 1.61 bits per heavy atom. The minimum Gasteiger partial charge on any atom is -0.481 e. The molecule has 1 saturated heterocycles. The Kier molecular flexibility index (Phi) is 8.69. The van der Waals surface area contributed by atoms with Crippen molar-refractivity contribution in [3.63, 3.8) is 0 Å². The van der Waals surface area contributed by atoms with Gasteiger partial charge in [-0.25, -0.2) is 4.79 Å². The molecule has 2 atom stereocenters. The smallest absolute Gasteiger partial charge is 0.407 e. The molecular weight excluding hydrogens is 518 g/mol. The van der Waals surface area contributed by atoms with Crippen molar-refractivity contribution in [2.75, 3.05) is 26.2 Å². The fourth-order valence-electron chi connectivity index (χ4n) is 5.99. The summed E-state index contributed by atoms with van der Waals surface area (Å²) < 4.78 is 5.61. The molecule has 0 bridgehead atoms. The van der Waals surface area contributed by atoms with E-state index in [1.54, 1.807) is 0 Å². The molecule has 3 aromatic rings. The van der Waals surface area contributed by atoms with E-state index in [1.165, 1.54) is 5.56 Å². The number of likely N-dealkylation sites (tertiary alicyclic amines) is 1. The Morgan fingerprint density at radius 1 is 0.976 bits per heavy atom. The molecule has 2 aliphatic rings. The number of fused-ring (bicyclic) bond motifs is 3. The lowest BCUT2D eigenvalue weighted by Gasteiger charge is -2.27. The summed E-state index contributed by atoms with van der Waals surface area (Å²) in [4.78, 5) is 39.7. The summed E-state index contributed by atoms with van der Waals surface area (Å²) in [5.41, 5.74) is 5.56. The highest BCUT2D eigenvalue weighted by Crippen LogP contribution is 2.44. The predicted octanol–water partition coefficient (Wildman–Crippen LogP) is 4.79. The fourth-order valence-corrected chi connectivity index (χ4v) is 5.99. The number of carbonyl (C=O) groups excluding carboxylic acids is 2. The van der Waals surface area contributed by atoms with Crippen molar-refractivity contribution in [2.45, 2.75) is 44.7 Å². The first kappa shape index (κ1) is 28.4. The summed E-state index contributed by atoms with van der Waals surface area (Å²) in [6, 6.07) is 25.4. The van der Waals surface area contributed by atoms with Gasteiger partial charge in [0.25, 0.3) is 0 Å². The molecule has 8 heteroatoms. The number of hydrogen-bond donors (Lipinski definition) is 3. The van der Waals surface area contributed by atoms with Crippen LogP contribution in [0.2, 0.25) is 0 Å². The van der Waals surface area contributed by atoms with Gasteiger partial charge < -0.3 is 20.5 Å². The van der Waals surface area contributed by atoms with Crippen molar-refractivity contribution in [3.8, 4) is 11.1 Å². The average Bonchev–Trinajstić information content (AvgIpc) is 3.51. The number of amides is 2. The Labute approximate surface area is 240 Å². The maximum atomic E-state index is 13.2. The first-order valence-electron chi connectivity index (χ1n) is 14.2. The highest BCUT2D eigenvalue weighted by atomic mass is 16.5. The number of benzene rings is 3. The van der Waals surface area contributed by atoms with Crippen LogP contribution in [-0.2, 0) is 20.9 Å². The van der Waals surface area contributed by atoms with E-state index in [4.69, 9.17) is 4.74 Å². The van der Waals surface area contributed by atoms with Crippen LogP contribution in [0.3, 0.4) is 0 Å². The number of carboxylic acids is 1. The third kappa shape index (κ3) is 6.95. The quantitative estimate of drug-likeness (QED) is 0.314. The third-order valence-electron chi connectivity index (χ3n) is 8.17. The van der Waals surface area contributed by atoms with E-state index >= 15 is 0 Å². The van der Waals surface area contributed by atoms with Gasteiger partial charge in [0.05, 0.1) is 0 Å². The number of rotatable bonds is 11. The van der Waals surface area contributed by atoms with Gasteiger partial charge in [-0.05, 0) is 52.6 Å². The molecule has 0 aromatic heterocycles. The first-order chi connectivity index (χ1) is 19.8. The van der Waals surface area contributed by atoms with Crippen molar-refractivity contribution < 1.29 is 24.2 Å². The predicted molar refractivity (Wildman–Crippen MR) is 156 cm³/mol. The van der Waals surface area contributed by atoms with Gasteiger partial charge in [0, 0.05) is 32.0 Å². The second-order valence-electron chi connectivity index (χ2n) is 11.4. The summed E-state index contributed by atoms with van der Waals surface area (Å²) in [7, 11) is 0. The second-order valence-corrected chi connectivity index (χ2v) is 11.4. The Morgan fingerprint density at radius 3 is 2.27 bits per heavy atom. The van der Waals surface area contributed by atoms with E-state index < -0.39 is 24.0 Å². The normalized spacial score (nSPS) is 18.8. The molecule has 1 aliphatic heterocycles. The summed E-state index contributed by atoms with van der Waals surface area (Å²) in [5, 5.41) is 14.8. The minimum absolute atomic E-state index is 0.0256. The Balaban J connectivity index is 1.16. The van der Waals surface area contributed by atoms with Crippen LogP contribution >= 0.6 is 0 Å². The molecule has 3 aromatic carbocycles. The van der Waals surface area contributed by atoms with Gasteiger partial charge in [0.15, 0.2) is 0 Å². The second kappa shape index (κ2) is 12.6. The summed E-state index contributed by atoms with van der Waals surface area (Å²) >= 11 is 0. The van der Waals surface area contributed by atoms with Crippen molar-refractivity contribution in [1.29, 1.82) is 0 Å². The van der Waals surface area contributed by atoms with E-state index in [1.807, 2.05) is 54.6 Å². The lowest BCUT2D eigenvalue weighted by Crippen LogP contribution is -2.49. The van der Waals surface area contributed by atoms with Gasteiger partial charge in [0.2, 0.25) is 5.91 Å². The number of aliphatic carboxylic acids is 1. The monoisotopic (exact) mass is 555 g/mol. The maximum Gasteiger partial charge on any atom is 0.407 e. The van der Waals surface area contributed by atoms with Crippen molar-refractivity contribution in [3.05, 3.63) is 95.6 Å². The molecule has 8 nitrogen and oxygen atoms in total. The zero-order valence-electron chi connectivity index (χ0n) is 23.3. The number of carbonyl (C=O) groups is 3. The van der Waals surface area contributed by atoms with Gasteiger partial charge in [-0.2, -0.15) is 0 Å². The first-order valence-corrected chi connectivity index (χ1v) is 14.2. The van der Waals surface area contributed by atoms with Crippen molar-refractivity contribution in [2.24, 2.45) is 5.41 Å². The van der Waals surface area contributed by atoms with Crippen LogP contribution in [0.25, 0.3) is 11.1 Å². The molecule has 5 rings (SSSR count). The molecule has 0 radical (unpaired) electrons. The molecule has 1 heterocycles. The van der Waals surface area contributed by atoms with E-state index in [9.17, 15) is 19.5 Å². The van der Waals surface area contributed by atoms with Crippen LogP contribution < -0.4 is 10.6 Å².